The molecule has 2 aromatic rings. The SMILES string of the molecule is COC(=O)C1CN(Cc2ccc(OC)cc2)CCS(=O)(=O)N1Cc1ccc(C)cc1. The molecule has 0 N–H and O–H groups in total. The average molecular weight is 433 g/mol. The Bertz CT molecular complexity index is 958. The van der Waals surface area contributed by atoms with Crippen molar-refractivity contribution in [2.24, 2.45) is 0 Å². The van der Waals surface area contributed by atoms with Gasteiger partial charge in [0.05, 0.1) is 20.0 Å². The monoisotopic (exact) mass is 432 g/mol. The zero-order valence-electron chi connectivity index (χ0n) is 17.6. The third-order valence-corrected chi connectivity index (χ3v) is 7.10. The number of rotatable bonds is 6. The Morgan fingerprint density at radius 2 is 1.60 bits per heavy atom. The highest BCUT2D eigenvalue weighted by Crippen LogP contribution is 2.22. The Labute approximate surface area is 178 Å². The van der Waals surface area contributed by atoms with E-state index in [4.69, 9.17) is 9.47 Å². The van der Waals surface area contributed by atoms with Crippen molar-refractivity contribution in [3.8, 4) is 5.75 Å². The number of carbonyl (C=O) groups excluding carboxylic acids is 1. The van der Waals surface area contributed by atoms with Crippen LogP contribution in [0.25, 0.3) is 0 Å². The van der Waals surface area contributed by atoms with E-state index in [2.05, 4.69) is 0 Å². The molecule has 1 aliphatic heterocycles. The molecule has 0 spiro atoms. The number of hydrogen-bond acceptors (Lipinski definition) is 6. The van der Waals surface area contributed by atoms with Gasteiger partial charge in [-0.3, -0.25) is 9.69 Å². The Morgan fingerprint density at radius 3 is 2.20 bits per heavy atom. The lowest BCUT2D eigenvalue weighted by molar-refractivity contribution is -0.145. The zero-order chi connectivity index (χ0) is 21.7. The molecule has 8 heteroatoms. The summed E-state index contributed by atoms with van der Waals surface area (Å²) in [5.41, 5.74) is 2.94. The zero-order valence-corrected chi connectivity index (χ0v) is 18.4. The van der Waals surface area contributed by atoms with Crippen molar-refractivity contribution in [3.05, 3.63) is 65.2 Å². The van der Waals surface area contributed by atoms with Crippen LogP contribution < -0.4 is 4.74 Å². The normalized spacial score (nSPS) is 19.8. The number of carbonyl (C=O) groups is 1. The molecule has 1 saturated heterocycles. The molecule has 0 saturated carbocycles. The van der Waals surface area contributed by atoms with Gasteiger partial charge in [0, 0.05) is 26.2 Å². The molecular formula is C22H28N2O5S. The fourth-order valence-electron chi connectivity index (χ4n) is 3.53. The van der Waals surface area contributed by atoms with E-state index >= 15 is 0 Å². The van der Waals surface area contributed by atoms with Crippen molar-refractivity contribution in [1.82, 2.24) is 9.21 Å². The molecule has 1 heterocycles. The van der Waals surface area contributed by atoms with E-state index in [0.717, 1.165) is 22.4 Å². The molecule has 0 aliphatic carbocycles. The van der Waals surface area contributed by atoms with Crippen molar-refractivity contribution in [3.63, 3.8) is 0 Å². The Hall–Kier alpha value is -2.42. The van der Waals surface area contributed by atoms with E-state index in [1.807, 2.05) is 60.4 Å². The average Bonchev–Trinajstić information content (AvgIpc) is 2.86. The molecule has 0 amide bonds. The summed E-state index contributed by atoms with van der Waals surface area (Å²) in [6.45, 7) is 3.25. The minimum Gasteiger partial charge on any atom is -0.497 e. The van der Waals surface area contributed by atoms with Crippen molar-refractivity contribution < 1.29 is 22.7 Å². The highest BCUT2D eigenvalue weighted by molar-refractivity contribution is 7.89. The van der Waals surface area contributed by atoms with Crippen LogP contribution in [-0.2, 0) is 32.6 Å². The van der Waals surface area contributed by atoms with E-state index in [1.54, 1.807) is 7.11 Å². The maximum atomic E-state index is 13.1. The predicted octanol–water partition coefficient (Wildman–Crippen LogP) is 2.19. The van der Waals surface area contributed by atoms with Crippen molar-refractivity contribution in [1.29, 1.82) is 0 Å². The summed E-state index contributed by atoms with van der Waals surface area (Å²) in [7, 11) is -0.739. The first-order valence-electron chi connectivity index (χ1n) is 9.80. The Balaban J connectivity index is 1.84. The Kier molecular flexibility index (Phi) is 7.12. The maximum absolute atomic E-state index is 13.1. The largest absolute Gasteiger partial charge is 0.497 e. The first-order chi connectivity index (χ1) is 14.3. The third kappa shape index (κ3) is 5.38. The summed E-state index contributed by atoms with van der Waals surface area (Å²) in [6, 6.07) is 14.4. The molecule has 3 rings (SSSR count). The second kappa shape index (κ2) is 9.59. The van der Waals surface area contributed by atoms with Crippen LogP contribution in [0.2, 0.25) is 0 Å². The summed E-state index contributed by atoms with van der Waals surface area (Å²) in [4.78, 5) is 14.6. The van der Waals surface area contributed by atoms with Crippen LogP contribution in [0.5, 0.6) is 5.75 Å². The van der Waals surface area contributed by atoms with Crippen LogP contribution >= 0.6 is 0 Å². The lowest BCUT2D eigenvalue weighted by atomic mass is 10.1. The molecule has 0 bridgehead atoms. The third-order valence-electron chi connectivity index (χ3n) is 5.30. The van der Waals surface area contributed by atoms with Gasteiger partial charge in [-0.15, -0.1) is 0 Å². The van der Waals surface area contributed by atoms with Crippen molar-refractivity contribution in [2.45, 2.75) is 26.1 Å². The summed E-state index contributed by atoms with van der Waals surface area (Å²) < 4.78 is 37.6. The fraction of sp³-hybridized carbons (Fsp3) is 0.409. The van der Waals surface area contributed by atoms with E-state index in [9.17, 15) is 13.2 Å². The highest BCUT2D eigenvalue weighted by atomic mass is 32.2. The molecule has 0 radical (unpaired) electrons. The van der Waals surface area contributed by atoms with Crippen molar-refractivity contribution in [2.75, 3.05) is 33.1 Å². The lowest BCUT2D eigenvalue weighted by Crippen LogP contribution is -2.48. The molecule has 2 aromatic carbocycles. The molecular weight excluding hydrogens is 404 g/mol. The van der Waals surface area contributed by atoms with Gasteiger partial charge in [0.2, 0.25) is 10.0 Å². The van der Waals surface area contributed by atoms with Gasteiger partial charge in [0.25, 0.3) is 0 Å². The van der Waals surface area contributed by atoms with Crippen LogP contribution in [0, 0.1) is 6.92 Å². The minimum atomic E-state index is -3.64. The van der Waals surface area contributed by atoms with Gasteiger partial charge in [0.15, 0.2) is 0 Å². The van der Waals surface area contributed by atoms with Gasteiger partial charge in [-0.1, -0.05) is 42.0 Å². The molecule has 30 heavy (non-hydrogen) atoms. The second-order valence-electron chi connectivity index (χ2n) is 7.47. The number of methoxy groups -OCH3 is 2. The van der Waals surface area contributed by atoms with Crippen LogP contribution in [0.15, 0.2) is 48.5 Å². The number of ether oxygens (including phenoxy) is 2. The summed E-state index contributed by atoms with van der Waals surface area (Å²) in [5, 5.41) is 0. The van der Waals surface area contributed by atoms with Crippen LogP contribution in [0.4, 0.5) is 0 Å². The number of benzene rings is 2. The summed E-state index contributed by atoms with van der Waals surface area (Å²) in [6.07, 6.45) is 0. The molecule has 1 unspecified atom stereocenters. The van der Waals surface area contributed by atoms with E-state index in [0.29, 0.717) is 13.1 Å². The molecule has 0 aromatic heterocycles. The molecule has 1 fully saturated rings. The van der Waals surface area contributed by atoms with Gasteiger partial charge in [0.1, 0.15) is 11.8 Å². The van der Waals surface area contributed by atoms with Crippen LogP contribution in [-0.4, -0.2) is 62.7 Å². The first kappa shape index (κ1) is 22.3. The van der Waals surface area contributed by atoms with Gasteiger partial charge in [-0.05, 0) is 30.2 Å². The fourth-order valence-corrected chi connectivity index (χ4v) is 5.14. The van der Waals surface area contributed by atoms with Gasteiger partial charge in [-0.25, -0.2) is 8.42 Å². The minimum absolute atomic E-state index is 0.0531. The van der Waals surface area contributed by atoms with Crippen molar-refractivity contribution >= 4 is 16.0 Å². The molecule has 7 nitrogen and oxygen atoms in total. The van der Waals surface area contributed by atoms with E-state index < -0.39 is 22.0 Å². The molecule has 1 aliphatic rings. The van der Waals surface area contributed by atoms with Gasteiger partial charge < -0.3 is 9.47 Å². The molecule has 1 atom stereocenters. The quantitative estimate of drug-likeness (QED) is 0.652. The second-order valence-corrected chi connectivity index (χ2v) is 9.51. The van der Waals surface area contributed by atoms with E-state index in [1.165, 1.54) is 11.4 Å². The number of aryl methyl sites for hydroxylation is 1. The smallest absolute Gasteiger partial charge is 0.325 e. The van der Waals surface area contributed by atoms with E-state index in [-0.39, 0.29) is 18.8 Å². The number of esters is 1. The number of nitrogens with zero attached hydrogens (tertiary/aromatic N) is 2. The summed E-state index contributed by atoms with van der Waals surface area (Å²) >= 11 is 0. The van der Waals surface area contributed by atoms with Gasteiger partial charge in [-0.2, -0.15) is 4.31 Å². The standard InChI is InChI=1S/C22H28N2O5S/c1-17-4-6-19(7-5-17)15-24-21(22(25)29-3)16-23(12-13-30(24,26)27)14-18-8-10-20(28-2)11-9-18/h4-11,21H,12-16H2,1-3H3. The van der Waals surface area contributed by atoms with Gasteiger partial charge >= 0.3 is 5.97 Å². The topological polar surface area (TPSA) is 76.1 Å². The molecule has 162 valence electrons. The maximum Gasteiger partial charge on any atom is 0.325 e. The predicted molar refractivity (Wildman–Crippen MR) is 115 cm³/mol. The van der Waals surface area contributed by atoms with Crippen LogP contribution in [0.1, 0.15) is 16.7 Å². The Morgan fingerprint density at radius 1 is 1.00 bits per heavy atom. The highest BCUT2D eigenvalue weighted by Gasteiger charge is 2.39. The summed E-state index contributed by atoms with van der Waals surface area (Å²) in [5.74, 6) is 0.156. The number of hydrogen-bond donors (Lipinski definition) is 0. The first-order valence-corrected chi connectivity index (χ1v) is 11.4. The van der Waals surface area contributed by atoms with Crippen LogP contribution in [0.3, 0.4) is 0 Å². The number of sulfonamides is 1. The lowest BCUT2D eigenvalue weighted by Gasteiger charge is -2.28.